The minimum absolute atomic E-state index is 0.126. The Hall–Kier alpha value is -3.99. The molecule has 1 aliphatic heterocycles. The zero-order chi connectivity index (χ0) is 25.9. The lowest BCUT2D eigenvalue weighted by Crippen LogP contribution is -2.40. The van der Waals surface area contributed by atoms with Crippen molar-refractivity contribution in [2.75, 3.05) is 13.1 Å². The van der Waals surface area contributed by atoms with Crippen molar-refractivity contribution in [2.45, 2.75) is 25.1 Å². The molecule has 1 aromatic carbocycles. The summed E-state index contributed by atoms with van der Waals surface area (Å²) in [6.45, 7) is 0.595. The van der Waals surface area contributed by atoms with Crippen LogP contribution in [0.15, 0.2) is 64.3 Å². The normalized spacial score (nSPS) is 15.2. The highest BCUT2D eigenvalue weighted by molar-refractivity contribution is 6.33. The summed E-state index contributed by atoms with van der Waals surface area (Å²) in [5, 5.41) is -0.203. The molecule has 0 bridgehead atoms. The van der Waals surface area contributed by atoms with E-state index in [0.717, 1.165) is 21.5 Å². The van der Waals surface area contributed by atoms with Crippen LogP contribution in [0, 0.1) is 0 Å². The molecule has 12 heteroatoms. The van der Waals surface area contributed by atoms with Crippen molar-refractivity contribution in [1.82, 2.24) is 23.8 Å². The molecule has 1 N–H and O–H groups in total. The number of rotatable bonds is 3. The number of para-hydroxylation sites is 2. The molecule has 4 aromatic heterocycles. The minimum Gasteiger partial charge on any atom is -0.472 e. The van der Waals surface area contributed by atoms with Crippen LogP contribution in [0.3, 0.4) is 0 Å². The number of fused-ring (bicyclic) bond motifs is 2. The molecule has 37 heavy (non-hydrogen) atoms. The van der Waals surface area contributed by atoms with Crippen molar-refractivity contribution in [1.29, 1.82) is 0 Å². The second-order valence-electron chi connectivity index (χ2n) is 8.94. The summed E-state index contributed by atoms with van der Waals surface area (Å²) in [5.41, 5.74) is 0.239. The topological polar surface area (TPSA) is 88.5 Å². The second-order valence-corrected chi connectivity index (χ2v) is 9.30. The number of H-pyrrole nitrogens is 1. The first-order valence-electron chi connectivity index (χ1n) is 11.5. The zero-order valence-corrected chi connectivity index (χ0v) is 19.9. The molecule has 1 amide bonds. The molecule has 5 aromatic rings. The van der Waals surface area contributed by atoms with Crippen LogP contribution in [-0.4, -0.2) is 42.8 Å². The number of hydrogen-bond donors (Lipinski definition) is 1. The smallest absolute Gasteiger partial charge is 0.420 e. The zero-order valence-electron chi connectivity index (χ0n) is 19.1. The highest BCUT2D eigenvalue weighted by atomic mass is 35.5. The van der Waals surface area contributed by atoms with E-state index in [2.05, 4.69) is 9.97 Å². The van der Waals surface area contributed by atoms with Gasteiger partial charge < -0.3 is 14.3 Å². The summed E-state index contributed by atoms with van der Waals surface area (Å²) in [6.07, 6.45) is 0.346. The van der Waals surface area contributed by atoms with E-state index in [-0.39, 0.29) is 28.1 Å². The number of likely N-dealkylation sites (tertiary alicyclic amines) is 1. The van der Waals surface area contributed by atoms with E-state index in [4.69, 9.17) is 16.0 Å². The van der Waals surface area contributed by atoms with Crippen molar-refractivity contribution in [3.8, 4) is 11.1 Å². The largest absolute Gasteiger partial charge is 0.472 e. The number of imidazole rings is 2. The Morgan fingerprint density at radius 2 is 1.89 bits per heavy atom. The molecule has 0 spiro atoms. The highest BCUT2D eigenvalue weighted by Crippen LogP contribution is 2.37. The molecular formula is C25H19ClF3N5O3. The molecule has 5 heterocycles. The summed E-state index contributed by atoms with van der Waals surface area (Å²) < 4.78 is 49.5. The number of benzene rings is 1. The third kappa shape index (κ3) is 3.90. The van der Waals surface area contributed by atoms with Crippen LogP contribution in [0.1, 0.15) is 34.9 Å². The van der Waals surface area contributed by atoms with Gasteiger partial charge in [0.25, 0.3) is 5.91 Å². The number of carbonyl (C=O) groups excluding carboxylic acids is 1. The van der Waals surface area contributed by atoms with Crippen molar-refractivity contribution >= 4 is 34.2 Å². The first kappa shape index (κ1) is 23.4. The standard InChI is InChI=1S/C25H19ClF3N5O3/c26-21-20(31-22-17(25(27,28)29)11-15(12-33(21)22)14-7-10-37-13-14)23(35)32-8-5-16(6-9-32)34-19-4-2-1-3-18(19)30-24(34)36/h1-4,7,10-13,16H,5-6,8-9H2,(H,30,36). The number of halogens is 4. The van der Waals surface area contributed by atoms with E-state index >= 15 is 0 Å². The Balaban J connectivity index is 1.31. The molecule has 0 aliphatic carbocycles. The van der Waals surface area contributed by atoms with Gasteiger partial charge in [0.15, 0.2) is 11.3 Å². The first-order chi connectivity index (χ1) is 17.7. The van der Waals surface area contributed by atoms with Crippen LogP contribution in [0.4, 0.5) is 13.2 Å². The van der Waals surface area contributed by atoms with Crippen molar-refractivity contribution < 1.29 is 22.4 Å². The van der Waals surface area contributed by atoms with Gasteiger partial charge in [0.1, 0.15) is 5.15 Å². The van der Waals surface area contributed by atoms with Gasteiger partial charge in [-0.1, -0.05) is 23.7 Å². The third-order valence-corrected chi connectivity index (χ3v) is 7.13. The number of nitrogens with one attached hydrogen (secondary N) is 1. The summed E-state index contributed by atoms with van der Waals surface area (Å²) in [5.74, 6) is -0.559. The Kier molecular flexibility index (Phi) is 5.41. The number of nitrogens with zero attached hydrogens (tertiary/aromatic N) is 4. The monoisotopic (exact) mass is 529 g/mol. The maximum Gasteiger partial charge on any atom is 0.420 e. The van der Waals surface area contributed by atoms with E-state index in [9.17, 15) is 22.8 Å². The SMILES string of the molecule is O=C(c1nc2c(C(F)(F)F)cc(-c3ccoc3)cn2c1Cl)N1CCC(n2c(=O)[nH]c3ccccc32)CC1. The number of piperidine rings is 1. The average molecular weight is 530 g/mol. The van der Waals surface area contributed by atoms with Gasteiger partial charge >= 0.3 is 11.9 Å². The van der Waals surface area contributed by atoms with E-state index in [1.165, 1.54) is 29.7 Å². The summed E-state index contributed by atoms with van der Waals surface area (Å²) in [6, 6.07) is 9.73. The van der Waals surface area contributed by atoms with Gasteiger partial charge in [-0.05, 0) is 37.1 Å². The Bertz CT molecular complexity index is 1690. The molecule has 0 radical (unpaired) electrons. The van der Waals surface area contributed by atoms with Crippen LogP contribution in [0.5, 0.6) is 0 Å². The fourth-order valence-corrected chi connectivity index (χ4v) is 5.21. The van der Waals surface area contributed by atoms with E-state index < -0.39 is 23.3 Å². The number of alkyl halides is 3. The van der Waals surface area contributed by atoms with Gasteiger partial charge in [-0.15, -0.1) is 0 Å². The summed E-state index contributed by atoms with van der Waals surface area (Å²) in [4.78, 5) is 34.3. The maximum absolute atomic E-state index is 13.9. The van der Waals surface area contributed by atoms with Crippen molar-refractivity contribution in [2.24, 2.45) is 0 Å². The van der Waals surface area contributed by atoms with Crippen LogP contribution in [0.25, 0.3) is 27.8 Å². The van der Waals surface area contributed by atoms with Crippen LogP contribution in [-0.2, 0) is 6.18 Å². The summed E-state index contributed by atoms with van der Waals surface area (Å²) >= 11 is 6.44. The second kappa shape index (κ2) is 8.55. The van der Waals surface area contributed by atoms with E-state index in [1.54, 1.807) is 4.57 Å². The number of aromatic amines is 1. The number of pyridine rings is 1. The first-order valence-corrected chi connectivity index (χ1v) is 11.9. The molecular weight excluding hydrogens is 511 g/mol. The number of hydrogen-bond acceptors (Lipinski definition) is 4. The van der Waals surface area contributed by atoms with Gasteiger partial charge in [-0.3, -0.25) is 13.8 Å². The van der Waals surface area contributed by atoms with E-state index in [0.29, 0.717) is 31.5 Å². The molecule has 0 atom stereocenters. The Morgan fingerprint density at radius 3 is 2.59 bits per heavy atom. The van der Waals surface area contributed by atoms with Gasteiger partial charge in [0.2, 0.25) is 0 Å². The van der Waals surface area contributed by atoms with E-state index in [1.807, 2.05) is 24.3 Å². The lowest BCUT2D eigenvalue weighted by molar-refractivity contribution is -0.136. The van der Waals surface area contributed by atoms with Gasteiger partial charge in [-0.25, -0.2) is 9.78 Å². The number of carbonyl (C=O) groups is 1. The minimum atomic E-state index is -4.72. The van der Waals surface area contributed by atoms with Gasteiger partial charge in [0.05, 0.1) is 29.1 Å². The Morgan fingerprint density at radius 1 is 1.14 bits per heavy atom. The van der Waals surface area contributed by atoms with Crippen molar-refractivity contribution in [3.63, 3.8) is 0 Å². The molecule has 6 rings (SSSR count). The molecule has 1 fully saturated rings. The lowest BCUT2D eigenvalue weighted by atomic mass is 10.0. The third-order valence-electron chi connectivity index (χ3n) is 6.77. The highest BCUT2D eigenvalue weighted by Gasteiger charge is 2.37. The van der Waals surface area contributed by atoms with Gasteiger partial charge in [0, 0.05) is 36.5 Å². The van der Waals surface area contributed by atoms with Crippen LogP contribution in [0.2, 0.25) is 5.15 Å². The van der Waals surface area contributed by atoms with Crippen molar-refractivity contribution in [3.05, 3.63) is 82.0 Å². The molecule has 1 aliphatic rings. The van der Waals surface area contributed by atoms with Crippen LogP contribution >= 0.6 is 11.6 Å². The molecule has 1 saturated heterocycles. The number of aromatic nitrogens is 4. The predicted molar refractivity (Wildman–Crippen MR) is 130 cm³/mol. The lowest BCUT2D eigenvalue weighted by Gasteiger charge is -2.32. The van der Waals surface area contributed by atoms with Gasteiger partial charge in [-0.2, -0.15) is 13.2 Å². The Labute approximate surface area is 211 Å². The predicted octanol–water partition coefficient (Wildman–Crippen LogP) is 5.39. The quantitative estimate of drug-likeness (QED) is 0.339. The molecule has 8 nitrogen and oxygen atoms in total. The fourth-order valence-electron chi connectivity index (χ4n) is 4.96. The molecule has 0 saturated carbocycles. The molecule has 190 valence electrons. The summed E-state index contributed by atoms with van der Waals surface area (Å²) in [7, 11) is 0. The number of amides is 1. The molecule has 0 unspecified atom stereocenters. The van der Waals surface area contributed by atoms with Crippen LogP contribution < -0.4 is 5.69 Å². The number of furan rings is 1. The fraction of sp³-hybridized carbons (Fsp3) is 0.240. The maximum atomic E-state index is 13.9. The average Bonchev–Trinajstić information content (AvgIpc) is 3.60.